The zero-order valence-corrected chi connectivity index (χ0v) is 14.1. The fourth-order valence-corrected chi connectivity index (χ4v) is 4.56. The first-order chi connectivity index (χ1) is 9.10. The summed E-state index contributed by atoms with van der Waals surface area (Å²) in [5.74, 6) is 0.884. The molecule has 110 valence electrons. The summed E-state index contributed by atoms with van der Waals surface area (Å²) in [6.45, 7) is 12.5. The molecule has 1 aliphatic heterocycles. The Morgan fingerprint density at radius 3 is 2.50 bits per heavy atom. The molecule has 0 bridgehead atoms. The molecule has 8 heteroatoms. The van der Waals surface area contributed by atoms with Crippen LogP contribution in [0.25, 0.3) is 0 Å². The van der Waals surface area contributed by atoms with Gasteiger partial charge >= 0.3 is 8.72 Å². The van der Waals surface area contributed by atoms with Gasteiger partial charge in [-0.3, -0.25) is 0 Å². The minimum atomic E-state index is -2.86. The first-order valence-electron chi connectivity index (χ1n) is 6.31. The number of nitrogens with zero attached hydrogens (tertiary/aromatic N) is 5. The summed E-state index contributed by atoms with van der Waals surface area (Å²) in [6, 6.07) is 2.21. The molecule has 20 heavy (non-hydrogen) atoms. The Morgan fingerprint density at radius 2 is 2.00 bits per heavy atom. The highest BCUT2D eigenvalue weighted by Crippen LogP contribution is 2.29. The van der Waals surface area contributed by atoms with Gasteiger partial charge in [-0.05, 0) is 27.7 Å². The van der Waals surface area contributed by atoms with E-state index in [-0.39, 0.29) is 0 Å². The molecule has 1 heterocycles. The molecular formula is C12H21N5O2Si. The van der Waals surface area contributed by atoms with Crippen molar-refractivity contribution in [3.8, 4) is 6.07 Å². The Kier molecular flexibility index (Phi) is 4.55. The van der Waals surface area contributed by atoms with E-state index in [1.807, 2.05) is 20.4 Å². The van der Waals surface area contributed by atoms with E-state index >= 15 is 0 Å². The van der Waals surface area contributed by atoms with E-state index in [1.165, 1.54) is 0 Å². The molecule has 1 atom stereocenters. The normalized spacial score (nSPS) is 22.8. The molecule has 0 aromatic carbocycles. The van der Waals surface area contributed by atoms with E-state index in [2.05, 4.69) is 21.4 Å². The average molecular weight is 295 g/mol. The van der Waals surface area contributed by atoms with E-state index in [0.29, 0.717) is 11.8 Å². The van der Waals surface area contributed by atoms with Crippen LogP contribution >= 0.6 is 0 Å². The van der Waals surface area contributed by atoms with Crippen LogP contribution in [-0.2, 0) is 8.85 Å². The van der Waals surface area contributed by atoms with Gasteiger partial charge in [-0.2, -0.15) is 10.4 Å². The van der Waals surface area contributed by atoms with Crippen LogP contribution in [0.3, 0.4) is 0 Å². The number of nitriles is 1. The van der Waals surface area contributed by atoms with Crippen LogP contribution in [0.5, 0.6) is 0 Å². The van der Waals surface area contributed by atoms with Gasteiger partial charge in [0.25, 0.3) is 0 Å². The van der Waals surface area contributed by atoms with Crippen LogP contribution in [0.4, 0.5) is 0 Å². The maximum atomic E-state index is 9.28. The molecule has 1 rings (SSSR count). The highest BCUT2D eigenvalue weighted by molar-refractivity contribution is 6.67. The van der Waals surface area contributed by atoms with Crippen LogP contribution in [0.1, 0.15) is 41.5 Å². The highest BCUT2D eigenvalue weighted by atomic mass is 28.4. The van der Waals surface area contributed by atoms with Crippen LogP contribution in [0, 0.1) is 11.3 Å². The molecule has 0 saturated heterocycles. The molecule has 0 radical (unpaired) electrons. The SMILES string of the molecule is CC(C)=N/N=C(\C)O[Si]1(C)OC(C)=NN1C(C)(C)C#N. The lowest BCUT2D eigenvalue weighted by atomic mass is 10.1. The second-order valence-corrected chi connectivity index (χ2v) is 8.00. The third-order valence-electron chi connectivity index (χ3n) is 2.49. The molecule has 0 N–H and O–H groups in total. The largest absolute Gasteiger partial charge is 0.604 e. The Bertz CT molecular complexity index is 516. The Morgan fingerprint density at radius 1 is 1.40 bits per heavy atom. The predicted octanol–water partition coefficient (Wildman–Crippen LogP) is 2.35. The van der Waals surface area contributed by atoms with Crippen molar-refractivity contribution in [2.24, 2.45) is 15.3 Å². The monoisotopic (exact) mass is 295 g/mol. The maximum absolute atomic E-state index is 9.28. The van der Waals surface area contributed by atoms with E-state index < -0.39 is 14.3 Å². The number of rotatable bonds is 3. The number of hydrogen-bond donors (Lipinski definition) is 0. The zero-order valence-electron chi connectivity index (χ0n) is 13.1. The molecule has 0 spiro atoms. The second kappa shape index (κ2) is 5.62. The van der Waals surface area contributed by atoms with Gasteiger partial charge in [-0.25, -0.2) is 4.67 Å². The number of hydrogen-bond acceptors (Lipinski definition) is 7. The third-order valence-corrected chi connectivity index (χ3v) is 5.27. The van der Waals surface area contributed by atoms with Gasteiger partial charge in [-0.15, -0.1) is 10.2 Å². The van der Waals surface area contributed by atoms with E-state index in [1.54, 1.807) is 32.4 Å². The summed E-state index contributed by atoms with van der Waals surface area (Å²) in [5, 5.41) is 21.5. The summed E-state index contributed by atoms with van der Waals surface area (Å²) in [5.41, 5.74) is 0.0110. The molecule has 0 aromatic heterocycles. The molecule has 0 amide bonds. The zero-order chi connectivity index (χ0) is 15.6. The van der Waals surface area contributed by atoms with Crippen LogP contribution in [0.2, 0.25) is 6.55 Å². The molecule has 7 nitrogen and oxygen atoms in total. The molecule has 0 aliphatic carbocycles. The van der Waals surface area contributed by atoms with Crippen LogP contribution in [-0.4, -0.2) is 36.4 Å². The van der Waals surface area contributed by atoms with Gasteiger partial charge in [0.05, 0.1) is 6.07 Å². The fraction of sp³-hybridized carbons (Fsp3) is 0.667. The second-order valence-electron chi connectivity index (χ2n) is 5.37. The van der Waals surface area contributed by atoms with Crippen molar-refractivity contribution in [2.75, 3.05) is 0 Å². The number of hydrazone groups is 1. The summed E-state index contributed by atoms with van der Waals surface area (Å²) < 4.78 is 13.2. The Labute approximate surface area is 120 Å². The average Bonchev–Trinajstić information content (AvgIpc) is 2.62. The first kappa shape index (κ1) is 16.2. The van der Waals surface area contributed by atoms with Crippen molar-refractivity contribution in [1.82, 2.24) is 4.67 Å². The Hall–Kier alpha value is -1.88. The van der Waals surface area contributed by atoms with Crippen molar-refractivity contribution in [2.45, 2.75) is 53.6 Å². The topological polar surface area (TPSA) is 82.6 Å². The molecule has 1 aliphatic rings. The van der Waals surface area contributed by atoms with Crippen molar-refractivity contribution in [1.29, 1.82) is 5.26 Å². The lowest BCUT2D eigenvalue weighted by molar-refractivity contribution is 0.217. The highest BCUT2D eigenvalue weighted by Gasteiger charge is 2.55. The van der Waals surface area contributed by atoms with Crippen LogP contribution in [0.15, 0.2) is 15.3 Å². The molecule has 1 unspecified atom stereocenters. The van der Waals surface area contributed by atoms with E-state index in [0.717, 1.165) is 5.71 Å². The first-order valence-corrected chi connectivity index (χ1v) is 8.57. The van der Waals surface area contributed by atoms with Crippen LogP contribution < -0.4 is 0 Å². The summed E-state index contributed by atoms with van der Waals surface area (Å²) in [7, 11) is -2.86. The predicted molar refractivity (Wildman–Crippen MR) is 80.3 cm³/mol. The fourth-order valence-electron chi connectivity index (χ4n) is 1.78. The van der Waals surface area contributed by atoms with Crippen molar-refractivity contribution < 1.29 is 8.85 Å². The van der Waals surface area contributed by atoms with Gasteiger partial charge in [-0.1, -0.05) is 0 Å². The van der Waals surface area contributed by atoms with E-state index in [9.17, 15) is 5.26 Å². The smallest absolute Gasteiger partial charge is 0.483 e. The lowest BCUT2D eigenvalue weighted by Gasteiger charge is -2.35. The van der Waals surface area contributed by atoms with Gasteiger partial charge in [0.15, 0.2) is 11.8 Å². The van der Waals surface area contributed by atoms with Gasteiger partial charge in [0.2, 0.25) is 0 Å². The van der Waals surface area contributed by atoms with E-state index in [4.69, 9.17) is 8.85 Å². The summed E-state index contributed by atoms with van der Waals surface area (Å²) in [4.78, 5) is 0. The van der Waals surface area contributed by atoms with Gasteiger partial charge < -0.3 is 8.85 Å². The third kappa shape index (κ3) is 3.57. The standard InChI is InChI=1S/C12H21N5O2Si/c1-9(2)14-15-10(3)18-20(7)17(12(5,6)8-13)16-11(4)19-20/h1-7H3/b15-10+. The minimum Gasteiger partial charge on any atom is -0.483 e. The summed E-state index contributed by atoms with van der Waals surface area (Å²) >= 11 is 0. The minimum absolute atomic E-state index is 0.393. The Balaban J connectivity index is 3.01. The van der Waals surface area contributed by atoms with Gasteiger partial charge in [0, 0.05) is 26.1 Å². The van der Waals surface area contributed by atoms with Crippen molar-refractivity contribution >= 4 is 26.2 Å². The lowest BCUT2D eigenvalue weighted by Crippen LogP contribution is -2.58. The molecule has 0 fully saturated rings. The molecular weight excluding hydrogens is 274 g/mol. The summed E-state index contributed by atoms with van der Waals surface area (Å²) in [6.07, 6.45) is 0. The molecule has 0 saturated carbocycles. The maximum Gasteiger partial charge on any atom is 0.604 e. The quantitative estimate of drug-likeness (QED) is 0.346. The van der Waals surface area contributed by atoms with Gasteiger partial charge in [0.1, 0.15) is 5.54 Å². The van der Waals surface area contributed by atoms with Crippen molar-refractivity contribution in [3.63, 3.8) is 0 Å². The molecule has 0 aromatic rings. The van der Waals surface area contributed by atoms with Crippen molar-refractivity contribution in [3.05, 3.63) is 0 Å².